The van der Waals surface area contributed by atoms with Crippen LogP contribution in [-0.4, -0.2) is 34.0 Å². The van der Waals surface area contributed by atoms with E-state index in [2.05, 4.69) is 10.1 Å². The van der Waals surface area contributed by atoms with Crippen molar-refractivity contribution in [2.24, 2.45) is 0 Å². The summed E-state index contributed by atoms with van der Waals surface area (Å²) in [4.78, 5) is 12.3. The molecule has 6 nitrogen and oxygen atoms in total. The number of carbonyl (C=O) groups excluding carboxylic acids is 1. The van der Waals surface area contributed by atoms with Crippen LogP contribution in [0.25, 0.3) is 0 Å². The lowest BCUT2D eigenvalue weighted by Gasteiger charge is -2.17. The van der Waals surface area contributed by atoms with Crippen molar-refractivity contribution < 1.29 is 31.1 Å². The monoisotopic (exact) mass is 388 g/mol. The van der Waals surface area contributed by atoms with E-state index in [1.54, 1.807) is 0 Å². The first-order valence-corrected chi connectivity index (χ1v) is 9.02. The van der Waals surface area contributed by atoms with Gasteiger partial charge in [0.05, 0.1) is 11.9 Å². The van der Waals surface area contributed by atoms with Crippen molar-refractivity contribution in [2.45, 2.75) is 6.36 Å². The van der Waals surface area contributed by atoms with Crippen LogP contribution in [0, 0.1) is 0 Å². The van der Waals surface area contributed by atoms with Crippen molar-refractivity contribution in [1.29, 1.82) is 0 Å². The second kappa shape index (κ2) is 7.24. The molecule has 0 saturated carbocycles. The number of sulfonamides is 1. The maximum Gasteiger partial charge on any atom is 0.573 e. The molecule has 0 heterocycles. The first-order valence-electron chi connectivity index (χ1n) is 7.17. The van der Waals surface area contributed by atoms with E-state index in [1.807, 2.05) is 0 Å². The van der Waals surface area contributed by atoms with Gasteiger partial charge in [0.1, 0.15) is 5.75 Å². The quantitative estimate of drug-likeness (QED) is 0.853. The number of hydrogen-bond acceptors (Lipinski definition) is 4. The van der Waals surface area contributed by atoms with E-state index in [0.29, 0.717) is 5.69 Å². The van der Waals surface area contributed by atoms with E-state index in [4.69, 9.17) is 0 Å². The molecule has 0 unspecified atom stereocenters. The smallest absolute Gasteiger partial charge is 0.406 e. The molecule has 0 atom stereocenters. The van der Waals surface area contributed by atoms with Gasteiger partial charge in [-0.05, 0) is 42.5 Å². The number of amides is 1. The molecule has 0 spiro atoms. The highest BCUT2D eigenvalue weighted by atomic mass is 32.2. The number of nitrogens with zero attached hydrogens (tertiary/aromatic N) is 1. The zero-order valence-electron chi connectivity index (χ0n) is 13.7. The molecule has 0 saturated heterocycles. The molecule has 26 heavy (non-hydrogen) atoms. The fourth-order valence-corrected chi connectivity index (χ4v) is 2.47. The van der Waals surface area contributed by atoms with Gasteiger partial charge in [0, 0.05) is 18.3 Å². The molecule has 0 radical (unpaired) electrons. The summed E-state index contributed by atoms with van der Waals surface area (Å²) >= 11 is 0. The van der Waals surface area contributed by atoms with Gasteiger partial charge in [-0.1, -0.05) is 6.07 Å². The Hall–Kier alpha value is -2.75. The molecular weight excluding hydrogens is 373 g/mol. The summed E-state index contributed by atoms with van der Waals surface area (Å²) in [5.41, 5.74) is 0.745. The average molecular weight is 388 g/mol. The number of benzene rings is 2. The van der Waals surface area contributed by atoms with Crippen LogP contribution >= 0.6 is 0 Å². The number of hydrogen-bond donors (Lipinski definition) is 1. The first kappa shape index (κ1) is 19.6. The third-order valence-corrected chi connectivity index (χ3v) is 4.52. The third kappa shape index (κ3) is 5.38. The maximum atomic E-state index is 12.3. The molecule has 1 N–H and O–H groups in total. The van der Waals surface area contributed by atoms with E-state index in [-0.39, 0.29) is 11.3 Å². The van der Waals surface area contributed by atoms with Crippen LogP contribution in [0.15, 0.2) is 48.5 Å². The Kier molecular flexibility index (Phi) is 5.45. The predicted molar refractivity (Wildman–Crippen MR) is 90.8 cm³/mol. The van der Waals surface area contributed by atoms with Crippen LogP contribution in [0.5, 0.6) is 5.75 Å². The van der Waals surface area contributed by atoms with Crippen molar-refractivity contribution in [3.05, 3.63) is 54.1 Å². The van der Waals surface area contributed by atoms with Gasteiger partial charge in [0.2, 0.25) is 10.0 Å². The lowest BCUT2D eigenvalue weighted by Crippen LogP contribution is -2.25. The number of carbonyl (C=O) groups is 1. The summed E-state index contributed by atoms with van der Waals surface area (Å²) in [6, 6.07) is 10.6. The standard InChI is InChI=1S/C16H15F3N2O4S/c1-21(26(2,23)24)13-5-3-4-11(10-13)15(22)20-12-6-8-14(9-7-12)25-16(17,18)19/h3-10H,1-2H3,(H,20,22). The molecule has 2 aromatic rings. The molecule has 0 aromatic heterocycles. The van der Waals surface area contributed by atoms with Gasteiger partial charge in [0.25, 0.3) is 5.91 Å². The number of rotatable bonds is 5. The highest BCUT2D eigenvalue weighted by Crippen LogP contribution is 2.24. The molecule has 2 aromatic carbocycles. The van der Waals surface area contributed by atoms with E-state index in [9.17, 15) is 26.4 Å². The molecule has 0 aliphatic heterocycles. The number of anilines is 2. The third-order valence-electron chi connectivity index (χ3n) is 3.32. The molecule has 0 aliphatic rings. The molecule has 140 valence electrons. The lowest BCUT2D eigenvalue weighted by molar-refractivity contribution is -0.274. The normalized spacial score (nSPS) is 11.7. The number of ether oxygens (including phenoxy) is 1. The number of halogens is 3. The predicted octanol–water partition coefficient (Wildman–Crippen LogP) is 3.23. The first-order chi connectivity index (χ1) is 12.0. The van der Waals surface area contributed by atoms with Crippen molar-refractivity contribution in [2.75, 3.05) is 22.9 Å². The van der Waals surface area contributed by atoms with Crippen LogP contribution < -0.4 is 14.4 Å². The van der Waals surface area contributed by atoms with Crippen molar-refractivity contribution in [1.82, 2.24) is 0 Å². The van der Waals surface area contributed by atoms with Crippen LogP contribution in [0.1, 0.15) is 10.4 Å². The van der Waals surface area contributed by atoms with Gasteiger partial charge in [0.15, 0.2) is 0 Å². The zero-order chi connectivity index (χ0) is 19.5. The molecular formula is C16H15F3N2O4S. The van der Waals surface area contributed by atoms with E-state index in [0.717, 1.165) is 22.7 Å². The highest BCUT2D eigenvalue weighted by Gasteiger charge is 2.30. The molecule has 0 aliphatic carbocycles. The molecule has 10 heteroatoms. The Bertz CT molecular complexity index is 896. The van der Waals surface area contributed by atoms with E-state index < -0.39 is 28.0 Å². The summed E-state index contributed by atoms with van der Waals surface area (Å²) in [7, 11) is -2.13. The van der Waals surface area contributed by atoms with Gasteiger partial charge in [-0.2, -0.15) is 0 Å². The van der Waals surface area contributed by atoms with Crippen LogP contribution in [0.3, 0.4) is 0 Å². The minimum absolute atomic E-state index is 0.189. The molecule has 0 fully saturated rings. The Balaban J connectivity index is 2.13. The van der Waals surface area contributed by atoms with Crippen molar-refractivity contribution in [3.8, 4) is 5.75 Å². The van der Waals surface area contributed by atoms with Crippen LogP contribution in [0.4, 0.5) is 24.5 Å². The largest absolute Gasteiger partial charge is 0.573 e. The molecule has 1 amide bonds. The lowest BCUT2D eigenvalue weighted by atomic mass is 10.2. The van der Waals surface area contributed by atoms with Gasteiger partial charge >= 0.3 is 6.36 Å². The average Bonchev–Trinajstić information content (AvgIpc) is 2.54. The Labute approximate surface area is 148 Å². The Morgan fingerprint density at radius 3 is 2.27 bits per heavy atom. The van der Waals surface area contributed by atoms with E-state index in [1.165, 1.54) is 43.4 Å². The van der Waals surface area contributed by atoms with Gasteiger partial charge in [-0.25, -0.2) is 8.42 Å². The molecule has 0 bridgehead atoms. The summed E-state index contributed by atoms with van der Waals surface area (Å²) in [5, 5.41) is 2.51. The topological polar surface area (TPSA) is 75.7 Å². The van der Waals surface area contributed by atoms with E-state index >= 15 is 0 Å². The summed E-state index contributed by atoms with van der Waals surface area (Å²) < 4.78 is 64.3. The second-order valence-corrected chi connectivity index (χ2v) is 7.32. The van der Waals surface area contributed by atoms with Crippen LogP contribution in [-0.2, 0) is 10.0 Å². The summed E-state index contributed by atoms with van der Waals surface area (Å²) in [6.07, 6.45) is -3.76. The summed E-state index contributed by atoms with van der Waals surface area (Å²) in [6.45, 7) is 0. The minimum atomic E-state index is -4.79. The van der Waals surface area contributed by atoms with Crippen molar-refractivity contribution >= 4 is 27.3 Å². The number of alkyl halides is 3. The highest BCUT2D eigenvalue weighted by molar-refractivity contribution is 7.92. The van der Waals surface area contributed by atoms with Gasteiger partial charge < -0.3 is 10.1 Å². The Morgan fingerprint density at radius 1 is 1.12 bits per heavy atom. The summed E-state index contributed by atoms with van der Waals surface area (Å²) in [5.74, 6) is -0.953. The maximum absolute atomic E-state index is 12.3. The Morgan fingerprint density at radius 2 is 1.73 bits per heavy atom. The van der Waals surface area contributed by atoms with Gasteiger partial charge in [-0.15, -0.1) is 13.2 Å². The van der Waals surface area contributed by atoms with Gasteiger partial charge in [-0.3, -0.25) is 9.10 Å². The van der Waals surface area contributed by atoms with Crippen molar-refractivity contribution in [3.63, 3.8) is 0 Å². The fraction of sp³-hybridized carbons (Fsp3) is 0.188. The number of nitrogens with one attached hydrogen (secondary N) is 1. The zero-order valence-corrected chi connectivity index (χ0v) is 14.6. The SMILES string of the molecule is CN(c1cccc(C(=O)Nc2ccc(OC(F)(F)F)cc2)c1)S(C)(=O)=O. The molecule has 2 rings (SSSR count). The second-order valence-electron chi connectivity index (χ2n) is 5.31. The van der Waals surface area contributed by atoms with Crippen LogP contribution in [0.2, 0.25) is 0 Å². The fourth-order valence-electron chi connectivity index (χ4n) is 1.98. The minimum Gasteiger partial charge on any atom is -0.406 e.